The van der Waals surface area contributed by atoms with Gasteiger partial charge in [-0.3, -0.25) is 37.3 Å². The fourth-order valence-corrected chi connectivity index (χ4v) is 12.3. The van der Waals surface area contributed by atoms with Crippen LogP contribution in [0.15, 0.2) is 24.3 Å². The Hall–Kier alpha value is -2.46. The van der Waals surface area contributed by atoms with Crippen molar-refractivity contribution in [2.75, 3.05) is 39.6 Å². The van der Waals surface area contributed by atoms with E-state index < -0.39 is 97.5 Å². The summed E-state index contributed by atoms with van der Waals surface area (Å²) in [5.74, 6) is 0.0685. The maximum absolute atomic E-state index is 13.0. The number of carbonyl (C=O) groups is 4. The van der Waals surface area contributed by atoms with E-state index in [1.165, 1.54) is 141 Å². The molecule has 3 N–H and O–H groups in total. The highest BCUT2D eigenvalue weighted by molar-refractivity contribution is 7.47. The monoisotopic (exact) mass is 1360 g/mol. The molecule has 19 heteroatoms. The number of hydrogen-bond donors (Lipinski definition) is 3. The standard InChI is InChI=1S/C74H140O17P2/c1-8-9-10-11-12-13-14-15-16-17-23-29-34-43-50-57-73(78)90-69(61-84-71(76)55-48-41-33-28-25-20-22-27-32-39-46-53-66(4)5)63-88-92(80,81)86-59-68(75)60-87-93(82,83)89-64-70(62-85-72(77)56-49-42-37-36-40-47-54-67(6)7)91-74(79)58-51-44-35-30-24-19-18-21-26-31-38-45-52-65(2)3/h13-16,65-70,75H,8-12,17-64H2,1-7H3,(H,80,81)(H,82,83)/b14-13-,16-15-/t68-,69-,70-/m1/s1. The number of esters is 4. The summed E-state index contributed by atoms with van der Waals surface area (Å²) in [6.45, 7) is 11.7. The lowest BCUT2D eigenvalue weighted by Gasteiger charge is -2.21. The van der Waals surface area contributed by atoms with Crippen LogP contribution in [0.3, 0.4) is 0 Å². The number of aliphatic hydroxyl groups excluding tert-OH is 1. The number of hydrogen-bond acceptors (Lipinski definition) is 15. The van der Waals surface area contributed by atoms with E-state index in [2.05, 4.69) is 72.8 Å². The highest BCUT2D eigenvalue weighted by atomic mass is 31.2. The summed E-state index contributed by atoms with van der Waals surface area (Å²) in [6.07, 6.45) is 52.3. The predicted octanol–water partition coefficient (Wildman–Crippen LogP) is 21.0. The molecule has 0 spiro atoms. The zero-order valence-electron chi connectivity index (χ0n) is 60.2. The van der Waals surface area contributed by atoms with E-state index in [1.54, 1.807) is 0 Å². The molecule has 0 aliphatic carbocycles. The first kappa shape index (κ1) is 90.5. The Kier molecular flexibility index (Phi) is 62.5. The zero-order chi connectivity index (χ0) is 68.7. The normalized spacial score (nSPS) is 14.3. The maximum atomic E-state index is 13.0. The quantitative estimate of drug-likeness (QED) is 0.0169. The van der Waals surface area contributed by atoms with E-state index in [1.807, 2.05) is 0 Å². The van der Waals surface area contributed by atoms with Gasteiger partial charge < -0.3 is 33.8 Å². The highest BCUT2D eigenvalue weighted by Gasteiger charge is 2.30. The van der Waals surface area contributed by atoms with Crippen molar-refractivity contribution < 1.29 is 80.2 Å². The van der Waals surface area contributed by atoms with Gasteiger partial charge in [0.15, 0.2) is 12.2 Å². The molecule has 0 saturated heterocycles. The van der Waals surface area contributed by atoms with Crippen LogP contribution in [0.4, 0.5) is 0 Å². The molecule has 2 unspecified atom stereocenters. The average Bonchev–Trinajstić information content (AvgIpc) is 3.15. The molecule has 0 amide bonds. The van der Waals surface area contributed by atoms with Gasteiger partial charge in [-0.05, 0) is 69.1 Å². The zero-order valence-corrected chi connectivity index (χ0v) is 62.0. The molecule has 0 aromatic carbocycles. The maximum Gasteiger partial charge on any atom is 0.472 e. The summed E-state index contributed by atoms with van der Waals surface area (Å²) in [5, 5.41) is 10.6. The van der Waals surface area contributed by atoms with Crippen molar-refractivity contribution in [1.82, 2.24) is 0 Å². The summed E-state index contributed by atoms with van der Waals surface area (Å²) in [7, 11) is -9.92. The van der Waals surface area contributed by atoms with Gasteiger partial charge in [-0.2, -0.15) is 0 Å². The third-order valence-corrected chi connectivity index (χ3v) is 18.4. The molecule has 0 aliphatic rings. The van der Waals surface area contributed by atoms with E-state index in [9.17, 15) is 43.2 Å². The lowest BCUT2D eigenvalue weighted by atomic mass is 10.0. The Morgan fingerprint density at radius 3 is 0.871 bits per heavy atom. The van der Waals surface area contributed by atoms with Crippen molar-refractivity contribution in [2.24, 2.45) is 17.8 Å². The molecule has 0 aromatic rings. The van der Waals surface area contributed by atoms with E-state index >= 15 is 0 Å². The number of carbonyl (C=O) groups excluding carboxylic acids is 4. The van der Waals surface area contributed by atoms with Crippen LogP contribution in [-0.4, -0.2) is 96.7 Å². The van der Waals surface area contributed by atoms with Gasteiger partial charge in [0.25, 0.3) is 0 Å². The first-order valence-electron chi connectivity index (χ1n) is 37.7. The molecule has 93 heavy (non-hydrogen) atoms. The SMILES string of the molecule is CCCCCC/C=C\C=C/CCCCCCCC(=O)O[C@H](COC(=O)CCCCCCCCCCCCCC(C)C)COP(=O)(O)OC[C@@H](O)COP(=O)(O)OC[C@@H](COC(=O)CCCCCCCCC(C)C)OC(=O)CCCCCCCCCCCCCCC(C)C. The fourth-order valence-electron chi connectivity index (χ4n) is 10.7. The van der Waals surface area contributed by atoms with Gasteiger partial charge in [-0.25, -0.2) is 9.13 Å². The molecule has 0 fully saturated rings. The third-order valence-electron chi connectivity index (χ3n) is 16.5. The van der Waals surface area contributed by atoms with Crippen molar-refractivity contribution in [3.05, 3.63) is 24.3 Å². The number of aliphatic hydroxyl groups is 1. The van der Waals surface area contributed by atoms with E-state index in [-0.39, 0.29) is 25.7 Å². The Labute approximate surface area is 567 Å². The molecule has 0 radical (unpaired) electrons. The van der Waals surface area contributed by atoms with Gasteiger partial charge in [0.2, 0.25) is 0 Å². The largest absolute Gasteiger partial charge is 0.472 e. The van der Waals surface area contributed by atoms with Crippen molar-refractivity contribution >= 4 is 39.5 Å². The Morgan fingerprint density at radius 2 is 0.581 bits per heavy atom. The smallest absolute Gasteiger partial charge is 0.462 e. The minimum Gasteiger partial charge on any atom is -0.462 e. The molecule has 0 aliphatic heterocycles. The molecule has 0 rings (SSSR count). The van der Waals surface area contributed by atoms with Crippen LogP contribution in [0.2, 0.25) is 0 Å². The summed E-state index contributed by atoms with van der Waals surface area (Å²) in [6, 6.07) is 0. The van der Waals surface area contributed by atoms with Crippen molar-refractivity contribution in [3.63, 3.8) is 0 Å². The molecule has 548 valence electrons. The van der Waals surface area contributed by atoms with Crippen LogP contribution in [0.25, 0.3) is 0 Å². The van der Waals surface area contributed by atoms with Crippen LogP contribution in [0.1, 0.15) is 350 Å². The Balaban J connectivity index is 5.28. The summed E-state index contributed by atoms with van der Waals surface area (Å²) in [5.41, 5.74) is 0. The van der Waals surface area contributed by atoms with Gasteiger partial charge >= 0.3 is 39.5 Å². The van der Waals surface area contributed by atoms with Crippen molar-refractivity contribution in [2.45, 2.75) is 369 Å². The van der Waals surface area contributed by atoms with E-state index in [0.717, 1.165) is 121 Å². The van der Waals surface area contributed by atoms with Gasteiger partial charge in [-0.1, -0.05) is 297 Å². The number of phosphoric ester groups is 2. The lowest BCUT2D eigenvalue weighted by Crippen LogP contribution is -2.30. The van der Waals surface area contributed by atoms with Crippen LogP contribution in [0.5, 0.6) is 0 Å². The Bertz CT molecular complexity index is 1910. The second-order valence-electron chi connectivity index (χ2n) is 27.4. The molecule has 5 atom stereocenters. The highest BCUT2D eigenvalue weighted by Crippen LogP contribution is 2.45. The van der Waals surface area contributed by atoms with Crippen LogP contribution in [0, 0.1) is 17.8 Å². The fraction of sp³-hybridized carbons (Fsp3) is 0.892. The lowest BCUT2D eigenvalue weighted by molar-refractivity contribution is -0.161. The molecule has 17 nitrogen and oxygen atoms in total. The second-order valence-corrected chi connectivity index (χ2v) is 30.3. The van der Waals surface area contributed by atoms with E-state index in [0.29, 0.717) is 31.6 Å². The van der Waals surface area contributed by atoms with Gasteiger partial charge in [0.1, 0.15) is 19.3 Å². The minimum absolute atomic E-state index is 0.0845. The Morgan fingerprint density at radius 1 is 0.333 bits per heavy atom. The van der Waals surface area contributed by atoms with Gasteiger partial charge in [0, 0.05) is 25.7 Å². The average molecular weight is 1360 g/mol. The topological polar surface area (TPSA) is 237 Å². The molecular formula is C74H140O17P2. The summed E-state index contributed by atoms with van der Waals surface area (Å²) >= 11 is 0. The minimum atomic E-state index is -4.96. The van der Waals surface area contributed by atoms with Crippen molar-refractivity contribution in [1.29, 1.82) is 0 Å². The first-order chi connectivity index (χ1) is 44.7. The summed E-state index contributed by atoms with van der Waals surface area (Å²) in [4.78, 5) is 72.7. The first-order valence-corrected chi connectivity index (χ1v) is 40.7. The number of rotatable bonds is 70. The molecule has 0 aromatic heterocycles. The van der Waals surface area contributed by atoms with Gasteiger partial charge in [-0.15, -0.1) is 0 Å². The van der Waals surface area contributed by atoms with E-state index in [4.69, 9.17) is 37.0 Å². The van der Waals surface area contributed by atoms with Crippen LogP contribution in [-0.2, 0) is 65.4 Å². The molecule has 0 bridgehead atoms. The number of allylic oxidation sites excluding steroid dienone is 4. The predicted molar refractivity (Wildman–Crippen MR) is 377 cm³/mol. The second kappa shape index (κ2) is 64.2. The third kappa shape index (κ3) is 67.9. The molecule has 0 saturated carbocycles. The van der Waals surface area contributed by atoms with Gasteiger partial charge in [0.05, 0.1) is 26.4 Å². The molecular weight excluding hydrogens is 1220 g/mol. The van der Waals surface area contributed by atoms with Crippen LogP contribution >= 0.6 is 15.6 Å². The molecule has 0 heterocycles. The number of ether oxygens (including phenoxy) is 4. The van der Waals surface area contributed by atoms with Crippen molar-refractivity contribution in [3.8, 4) is 0 Å². The van der Waals surface area contributed by atoms with Crippen LogP contribution < -0.4 is 0 Å². The number of unbranched alkanes of at least 4 members (excludes halogenated alkanes) is 35. The number of phosphoric acid groups is 2. The summed E-state index contributed by atoms with van der Waals surface area (Å²) < 4.78 is 68.4.